The highest BCUT2D eigenvalue weighted by Crippen LogP contribution is 2.15. The molecule has 0 saturated heterocycles. The van der Waals surface area contributed by atoms with Crippen LogP contribution in [0.15, 0.2) is 12.2 Å². The van der Waals surface area contributed by atoms with Crippen LogP contribution in [-0.2, 0) is 9.53 Å². The molecule has 0 aromatic heterocycles. The molecule has 0 aromatic carbocycles. The summed E-state index contributed by atoms with van der Waals surface area (Å²) >= 11 is 0. The molecule has 0 N–H and O–H groups in total. The van der Waals surface area contributed by atoms with Crippen LogP contribution in [0.3, 0.4) is 0 Å². The van der Waals surface area contributed by atoms with Crippen LogP contribution in [0.4, 0.5) is 0 Å². The van der Waals surface area contributed by atoms with E-state index in [-0.39, 0.29) is 12.1 Å². The van der Waals surface area contributed by atoms with Crippen LogP contribution >= 0.6 is 0 Å². The molecule has 0 spiro atoms. The van der Waals surface area contributed by atoms with E-state index in [2.05, 4.69) is 26.0 Å². The van der Waals surface area contributed by atoms with Gasteiger partial charge in [0.2, 0.25) is 0 Å². The van der Waals surface area contributed by atoms with Crippen LogP contribution < -0.4 is 0 Å². The Bertz CT molecular complexity index is 348. The Hall–Kier alpha value is -0.790. The molecule has 166 valence electrons. The zero-order valence-electron chi connectivity index (χ0n) is 19.5. The van der Waals surface area contributed by atoms with Crippen LogP contribution in [0.2, 0.25) is 0 Å². The molecule has 1 atom stereocenters. The average Bonchev–Trinajstić information content (AvgIpc) is 2.67. The first-order valence-electron chi connectivity index (χ1n) is 12.5. The second kappa shape index (κ2) is 22.5. The Morgan fingerprint density at radius 3 is 1.64 bits per heavy atom. The van der Waals surface area contributed by atoms with Gasteiger partial charge >= 0.3 is 5.97 Å². The summed E-state index contributed by atoms with van der Waals surface area (Å²) in [7, 11) is 0. The molecule has 2 nitrogen and oxygen atoms in total. The molecule has 0 aliphatic rings. The number of unbranched alkanes of at least 4 members (excludes halogenated alkanes) is 14. The first kappa shape index (κ1) is 27.2. The quantitative estimate of drug-likeness (QED) is 0.110. The Morgan fingerprint density at radius 1 is 0.643 bits per heavy atom. The minimum atomic E-state index is -0.132. The van der Waals surface area contributed by atoms with Gasteiger partial charge in [-0.05, 0) is 38.5 Å². The third kappa shape index (κ3) is 21.5. The van der Waals surface area contributed by atoms with E-state index >= 15 is 0 Å². The predicted octanol–water partition coefficient (Wildman–Crippen LogP) is 8.93. The molecule has 0 aromatic rings. The van der Waals surface area contributed by atoms with Crippen molar-refractivity contribution >= 4 is 5.97 Å². The minimum Gasteiger partial charge on any atom is -0.463 e. The summed E-state index contributed by atoms with van der Waals surface area (Å²) in [6, 6.07) is 0. The van der Waals surface area contributed by atoms with Crippen molar-refractivity contribution < 1.29 is 9.53 Å². The van der Waals surface area contributed by atoms with E-state index in [1.54, 1.807) is 0 Å². The normalized spacial score (nSPS) is 12.5. The third-order valence-electron chi connectivity index (χ3n) is 5.51. The Kier molecular flexibility index (Phi) is 21.9. The smallest absolute Gasteiger partial charge is 0.302 e. The van der Waals surface area contributed by atoms with E-state index in [4.69, 9.17) is 4.74 Å². The molecule has 28 heavy (non-hydrogen) atoms. The van der Waals surface area contributed by atoms with Gasteiger partial charge in [-0.1, -0.05) is 109 Å². The van der Waals surface area contributed by atoms with Crippen LogP contribution in [0.25, 0.3) is 0 Å². The van der Waals surface area contributed by atoms with Crippen molar-refractivity contribution in [1.29, 1.82) is 0 Å². The van der Waals surface area contributed by atoms with E-state index in [0.29, 0.717) is 0 Å². The van der Waals surface area contributed by atoms with Crippen molar-refractivity contribution in [2.45, 2.75) is 149 Å². The molecule has 0 bridgehead atoms. The van der Waals surface area contributed by atoms with Crippen LogP contribution in [-0.4, -0.2) is 12.1 Å². The van der Waals surface area contributed by atoms with Gasteiger partial charge in [0.15, 0.2) is 0 Å². The molecule has 2 heteroatoms. The molecular weight excluding hydrogens is 344 g/mol. The van der Waals surface area contributed by atoms with E-state index < -0.39 is 0 Å². The fourth-order valence-corrected chi connectivity index (χ4v) is 3.74. The van der Waals surface area contributed by atoms with Gasteiger partial charge in [0, 0.05) is 6.92 Å². The summed E-state index contributed by atoms with van der Waals surface area (Å²) in [6.45, 7) is 6.05. The highest BCUT2D eigenvalue weighted by molar-refractivity contribution is 5.66. The second-order valence-corrected chi connectivity index (χ2v) is 8.45. The van der Waals surface area contributed by atoms with E-state index in [1.807, 2.05) is 0 Å². The predicted molar refractivity (Wildman–Crippen MR) is 124 cm³/mol. The first-order chi connectivity index (χ1) is 13.7. The van der Waals surface area contributed by atoms with E-state index in [9.17, 15) is 4.79 Å². The minimum absolute atomic E-state index is 0.112. The summed E-state index contributed by atoms with van der Waals surface area (Å²) in [4.78, 5) is 11.3. The number of hydrogen-bond acceptors (Lipinski definition) is 2. The standard InChI is InChI=1S/C26H50O2/c1-4-6-8-10-11-12-13-14-15-16-17-18-20-22-24-26(28-25(3)27)23-21-19-9-7-5-2/h18,20,26H,4-17,19,21-24H2,1-3H3/b20-18+. The second-order valence-electron chi connectivity index (χ2n) is 8.45. The maximum atomic E-state index is 11.3. The van der Waals surface area contributed by atoms with Crippen LogP contribution in [0.1, 0.15) is 143 Å². The van der Waals surface area contributed by atoms with Crippen molar-refractivity contribution in [3.63, 3.8) is 0 Å². The number of hydrogen-bond donors (Lipinski definition) is 0. The molecular formula is C26H50O2. The lowest BCUT2D eigenvalue weighted by molar-refractivity contribution is -0.146. The lowest BCUT2D eigenvalue weighted by Crippen LogP contribution is -2.16. The van der Waals surface area contributed by atoms with Crippen molar-refractivity contribution in [2.75, 3.05) is 0 Å². The van der Waals surface area contributed by atoms with Gasteiger partial charge in [0.1, 0.15) is 6.10 Å². The lowest BCUT2D eigenvalue weighted by atomic mass is 10.0. The van der Waals surface area contributed by atoms with Crippen molar-refractivity contribution in [3.05, 3.63) is 12.2 Å². The maximum absolute atomic E-state index is 11.3. The Morgan fingerprint density at radius 2 is 1.11 bits per heavy atom. The molecule has 0 heterocycles. The lowest BCUT2D eigenvalue weighted by Gasteiger charge is -2.16. The molecule has 0 saturated carbocycles. The monoisotopic (exact) mass is 394 g/mol. The molecule has 0 rings (SSSR count). The number of esters is 1. The van der Waals surface area contributed by atoms with Crippen LogP contribution in [0, 0.1) is 0 Å². The van der Waals surface area contributed by atoms with Crippen molar-refractivity contribution in [1.82, 2.24) is 0 Å². The topological polar surface area (TPSA) is 26.3 Å². The van der Waals surface area contributed by atoms with E-state index in [1.165, 1.54) is 110 Å². The van der Waals surface area contributed by atoms with Gasteiger partial charge < -0.3 is 4.74 Å². The fraction of sp³-hybridized carbons (Fsp3) is 0.885. The Labute approximate surface area is 176 Å². The number of ether oxygens (including phenoxy) is 1. The van der Waals surface area contributed by atoms with Crippen molar-refractivity contribution in [3.8, 4) is 0 Å². The third-order valence-corrected chi connectivity index (χ3v) is 5.51. The highest BCUT2D eigenvalue weighted by Gasteiger charge is 2.10. The average molecular weight is 395 g/mol. The number of rotatable bonds is 21. The van der Waals surface area contributed by atoms with Gasteiger partial charge in [-0.15, -0.1) is 0 Å². The summed E-state index contributed by atoms with van der Waals surface area (Å²) in [6.07, 6.45) is 29.3. The molecule has 0 radical (unpaired) electrons. The summed E-state index contributed by atoms with van der Waals surface area (Å²) in [5, 5.41) is 0. The summed E-state index contributed by atoms with van der Waals surface area (Å²) in [5.74, 6) is -0.132. The van der Waals surface area contributed by atoms with Gasteiger partial charge in [-0.2, -0.15) is 0 Å². The summed E-state index contributed by atoms with van der Waals surface area (Å²) in [5.41, 5.74) is 0. The number of allylic oxidation sites excluding steroid dienone is 2. The zero-order valence-corrected chi connectivity index (χ0v) is 19.5. The number of carbonyl (C=O) groups is 1. The number of carbonyl (C=O) groups excluding carboxylic acids is 1. The Balaban J connectivity index is 3.57. The molecule has 0 amide bonds. The van der Waals surface area contributed by atoms with Gasteiger partial charge in [0.25, 0.3) is 0 Å². The van der Waals surface area contributed by atoms with Crippen molar-refractivity contribution in [2.24, 2.45) is 0 Å². The largest absolute Gasteiger partial charge is 0.463 e. The summed E-state index contributed by atoms with van der Waals surface area (Å²) < 4.78 is 5.50. The fourth-order valence-electron chi connectivity index (χ4n) is 3.74. The van der Waals surface area contributed by atoms with Gasteiger partial charge in [-0.3, -0.25) is 4.79 Å². The zero-order chi connectivity index (χ0) is 20.7. The molecule has 0 aliphatic carbocycles. The molecule has 0 aliphatic heterocycles. The maximum Gasteiger partial charge on any atom is 0.302 e. The molecule has 1 unspecified atom stereocenters. The highest BCUT2D eigenvalue weighted by atomic mass is 16.5. The van der Waals surface area contributed by atoms with Crippen LogP contribution in [0.5, 0.6) is 0 Å². The van der Waals surface area contributed by atoms with Gasteiger partial charge in [-0.25, -0.2) is 0 Å². The SMILES string of the molecule is CCCCCCCCCCCC/C=C/CCC(CCCCCCC)OC(C)=O. The van der Waals surface area contributed by atoms with Gasteiger partial charge in [0.05, 0.1) is 0 Å². The first-order valence-corrected chi connectivity index (χ1v) is 12.5. The molecule has 0 fully saturated rings. The van der Waals surface area contributed by atoms with E-state index in [0.717, 1.165) is 19.3 Å².